The number of carbonyl (C=O) groups is 1. The second kappa shape index (κ2) is 10.3. The van der Waals surface area contributed by atoms with Crippen LogP contribution in [0.1, 0.15) is 20.8 Å². The largest absolute Gasteiger partial charge is 0.488 e. The molecule has 0 saturated carbocycles. The number of benzene rings is 4. The molecule has 0 fully saturated rings. The number of hydrazone groups is 1. The Labute approximate surface area is 218 Å². The molecule has 5 rings (SSSR count). The molecule has 7 nitrogen and oxygen atoms in total. The molecule has 1 amide bonds. The topological polar surface area (TPSA) is 93.8 Å². The SMILES string of the molecule is O=C(N/N=C\c1c(OCc2ccc(Br)cc2)ccc2ccccc12)c1cc2cc([N+](=O)[O-])ccc2s1. The third-order valence-electron chi connectivity index (χ3n) is 5.53. The monoisotopic (exact) mass is 559 g/mol. The summed E-state index contributed by atoms with van der Waals surface area (Å²) in [6.45, 7) is 0.382. The number of rotatable bonds is 7. The van der Waals surface area contributed by atoms with Gasteiger partial charge in [0.25, 0.3) is 11.6 Å². The van der Waals surface area contributed by atoms with Gasteiger partial charge in [0.15, 0.2) is 0 Å². The lowest BCUT2D eigenvalue weighted by atomic mass is 10.0. The van der Waals surface area contributed by atoms with E-state index in [0.717, 1.165) is 31.1 Å². The predicted octanol–water partition coefficient (Wildman–Crippen LogP) is 7.07. The van der Waals surface area contributed by atoms with Gasteiger partial charge in [-0.2, -0.15) is 5.10 Å². The highest BCUT2D eigenvalue weighted by Crippen LogP contribution is 2.30. The van der Waals surface area contributed by atoms with Crippen LogP contribution in [0.3, 0.4) is 0 Å². The number of thiophene rings is 1. The minimum absolute atomic E-state index is 0.0168. The normalized spacial score (nSPS) is 11.2. The number of hydrogen-bond donors (Lipinski definition) is 1. The fraction of sp³-hybridized carbons (Fsp3) is 0.0370. The molecule has 1 aromatic heterocycles. The molecule has 9 heteroatoms. The van der Waals surface area contributed by atoms with E-state index in [1.165, 1.54) is 23.5 Å². The Morgan fingerprint density at radius 2 is 1.83 bits per heavy atom. The van der Waals surface area contributed by atoms with Gasteiger partial charge in [-0.15, -0.1) is 11.3 Å². The summed E-state index contributed by atoms with van der Waals surface area (Å²) in [7, 11) is 0. The molecular formula is C27H18BrN3O4S. The Balaban J connectivity index is 1.38. The van der Waals surface area contributed by atoms with Gasteiger partial charge in [-0.1, -0.05) is 58.4 Å². The van der Waals surface area contributed by atoms with Crippen molar-refractivity contribution in [2.75, 3.05) is 0 Å². The maximum Gasteiger partial charge on any atom is 0.281 e. The summed E-state index contributed by atoms with van der Waals surface area (Å²) >= 11 is 4.68. The molecule has 0 saturated heterocycles. The van der Waals surface area contributed by atoms with Gasteiger partial charge in [-0.05, 0) is 46.7 Å². The van der Waals surface area contributed by atoms with E-state index in [2.05, 4.69) is 26.5 Å². The van der Waals surface area contributed by atoms with Gasteiger partial charge in [0.2, 0.25) is 0 Å². The molecule has 5 aromatic rings. The van der Waals surface area contributed by atoms with Crippen molar-refractivity contribution in [3.8, 4) is 5.75 Å². The molecule has 0 spiro atoms. The van der Waals surface area contributed by atoms with E-state index in [9.17, 15) is 14.9 Å². The second-order valence-electron chi connectivity index (χ2n) is 7.90. The zero-order valence-electron chi connectivity index (χ0n) is 18.7. The standard InChI is InChI=1S/C27H18BrN3O4S/c28-20-8-5-17(6-9-20)16-35-24-11-7-18-3-1-2-4-22(18)23(24)15-29-30-27(32)26-14-19-13-21(31(33)34)10-12-25(19)36-26/h1-15H,16H2,(H,30,32)/b29-15-. The molecule has 1 N–H and O–H groups in total. The summed E-state index contributed by atoms with van der Waals surface area (Å²) in [5.41, 5.74) is 4.32. The molecule has 0 unspecified atom stereocenters. The minimum atomic E-state index is -0.457. The number of nitro groups is 1. The highest BCUT2D eigenvalue weighted by atomic mass is 79.9. The van der Waals surface area contributed by atoms with Crippen molar-refractivity contribution in [1.29, 1.82) is 0 Å². The quantitative estimate of drug-likeness (QED) is 0.131. The van der Waals surface area contributed by atoms with E-state index in [0.29, 0.717) is 22.6 Å². The number of non-ortho nitro benzene ring substituents is 1. The number of ether oxygens (including phenoxy) is 1. The third-order valence-corrected chi connectivity index (χ3v) is 7.18. The fourth-order valence-electron chi connectivity index (χ4n) is 3.74. The molecule has 4 aromatic carbocycles. The molecule has 0 aliphatic rings. The van der Waals surface area contributed by atoms with Gasteiger partial charge in [0.05, 0.1) is 16.0 Å². The van der Waals surface area contributed by atoms with Crippen LogP contribution in [0.25, 0.3) is 20.9 Å². The first kappa shape index (κ1) is 23.7. The van der Waals surface area contributed by atoms with Crippen LogP contribution in [0.15, 0.2) is 94.5 Å². The first-order valence-electron chi connectivity index (χ1n) is 10.9. The Kier molecular flexibility index (Phi) is 6.75. The van der Waals surface area contributed by atoms with E-state index >= 15 is 0 Å². The number of fused-ring (bicyclic) bond motifs is 2. The van der Waals surface area contributed by atoms with Crippen LogP contribution in [-0.2, 0) is 6.61 Å². The number of halogens is 1. The molecule has 0 aliphatic carbocycles. The van der Waals surface area contributed by atoms with Crippen LogP contribution < -0.4 is 10.2 Å². The maximum atomic E-state index is 12.7. The number of nitro benzene ring substituents is 1. The predicted molar refractivity (Wildman–Crippen MR) is 146 cm³/mol. The van der Waals surface area contributed by atoms with E-state index in [-0.39, 0.29) is 5.69 Å². The average Bonchev–Trinajstić information content (AvgIpc) is 3.32. The molecule has 0 radical (unpaired) electrons. The summed E-state index contributed by atoms with van der Waals surface area (Å²) < 4.78 is 7.89. The molecule has 1 heterocycles. The van der Waals surface area contributed by atoms with Gasteiger partial charge in [-0.3, -0.25) is 14.9 Å². The lowest BCUT2D eigenvalue weighted by Gasteiger charge is -2.12. The highest BCUT2D eigenvalue weighted by Gasteiger charge is 2.13. The van der Waals surface area contributed by atoms with E-state index < -0.39 is 10.8 Å². The molecular weight excluding hydrogens is 542 g/mol. The van der Waals surface area contributed by atoms with Crippen molar-refractivity contribution in [1.82, 2.24) is 5.43 Å². The van der Waals surface area contributed by atoms with Crippen molar-refractivity contribution in [3.05, 3.63) is 116 Å². The molecule has 0 aliphatic heterocycles. The summed E-state index contributed by atoms with van der Waals surface area (Å²) in [4.78, 5) is 23.7. The summed E-state index contributed by atoms with van der Waals surface area (Å²) in [6.07, 6.45) is 1.58. The second-order valence-corrected chi connectivity index (χ2v) is 9.90. The van der Waals surface area contributed by atoms with Crippen LogP contribution >= 0.6 is 27.3 Å². The van der Waals surface area contributed by atoms with Crippen molar-refractivity contribution in [2.24, 2.45) is 5.10 Å². The van der Waals surface area contributed by atoms with Crippen molar-refractivity contribution < 1.29 is 14.5 Å². The number of nitrogens with zero attached hydrogens (tertiary/aromatic N) is 2. The lowest BCUT2D eigenvalue weighted by molar-refractivity contribution is -0.384. The van der Waals surface area contributed by atoms with Crippen LogP contribution in [0, 0.1) is 10.1 Å². The van der Waals surface area contributed by atoms with E-state index in [4.69, 9.17) is 4.74 Å². The summed E-state index contributed by atoms with van der Waals surface area (Å²) in [5, 5.41) is 17.8. The van der Waals surface area contributed by atoms with Crippen LogP contribution in [0.4, 0.5) is 5.69 Å². The van der Waals surface area contributed by atoms with E-state index in [1.807, 2.05) is 60.7 Å². The molecule has 0 bridgehead atoms. The van der Waals surface area contributed by atoms with Crippen LogP contribution in [0.2, 0.25) is 0 Å². The smallest absolute Gasteiger partial charge is 0.281 e. The first-order valence-corrected chi connectivity index (χ1v) is 12.5. The summed E-state index contributed by atoms with van der Waals surface area (Å²) in [6, 6.07) is 25.8. The Morgan fingerprint density at radius 3 is 2.64 bits per heavy atom. The van der Waals surface area contributed by atoms with Gasteiger partial charge >= 0.3 is 0 Å². The number of carbonyl (C=O) groups excluding carboxylic acids is 1. The zero-order valence-corrected chi connectivity index (χ0v) is 21.1. The lowest BCUT2D eigenvalue weighted by Crippen LogP contribution is -2.16. The minimum Gasteiger partial charge on any atom is -0.488 e. The van der Waals surface area contributed by atoms with Crippen molar-refractivity contribution in [3.63, 3.8) is 0 Å². The number of nitrogens with one attached hydrogen (secondary N) is 1. The maximum absolute atomic E-state index is 12.7. The van der Waals surface area contributed by atoms with Gasteiger partial charge in [-0.25, -0.2) is 5.43 Å². The number of amides is 1. The van der Waals surface area contributed by atoms with Crippen molar-refractivity contribution >= 4 is 65.9 Å². The van der Waals surface area contributed by atoms with Crippen LogP contribution in [0.5, 0.6) is 5.75 Å². The van der Waals surface area contributed by atoms with Gasteiger partial charge < -0.3 is 4.74 Å². The van der Waals surface area contributed by atoms with Crippen molar-refractivity contribution in [2.45, 2.75) is 6.61 Å². The van der Waals surface area contributed by atoms with Gasteiger partial charge in [0.1, 0.15) is 12.4 Å². The van der Waals surface area contributed by atoms with Crippen LogP contribution in [-0.4, -0.2) is 17.0 Å². The van der Waals surface area contributed by atoms with Gasteiger partial charge in [0, 0.05) is 32.3 Å². The first-order chi connectivity index (χ1) is 17.5. The Hall–Kier alpha value is -4.08. The average molecular weight is 560 g/mol. The molecule has 178 valence electrons. The highest BCUT2D eigenvalue weighted by molar-refractivity contribution is 9.10. The summed E-state index contributed by atoms with van der Waals surface area (Å²) in [5.74, 6) is 0.247. The molecule has 36 heavy (non-hydrogen) atoms. The fourth-order valence-corrected chi connectivity index (χ4v) is 4.94. The Morgan fingerprint density at radius 1 is 1.03 bits per heavy atom. The number of hydrogen-bond acceptors (Lipinski definition) is 6. The Bertz CT molecular complexity index is 1630. The van der Waals surface area contributed by atoms with E-state index in [1.54, 1.807) is 18.3 Å². The molecule has 0 atom stereocenters. The third kappa shape index (κ3) is 5.12. The zero-order chi connectivity index (χ0) is 25.1.